The summed E-state index contributed by atoms with van der Waals surface area (Å²) in [5, 5.41) is 0.818. The standard InChI is InChI=1S/C24H22ClN3O6S/c25-18-7-4-6-17(16-18)21(29)26-22(35(32,33)19-8-2-1-3-9-19)24(31)28-13-11-27(12-14-28)23(30)20-10-5-15-34-20/h1-10,15-16,22H,11-14H2,(H,26,29). The second kappa shape index (κ2) is 10.3. The number of carbonyl (C=O) groups is 3. The summed E-state index contributed by atoms with van der Waals surface area (Å²) in [6, 6.07) is 16.6. The number of nitrogens with one attached hydrogen (secondary N) is 1. The van der Waals surface area contributed by atoms with E-state index in [1.165, 1.54) is 52.5 Å². The van der Waals surface area contributed by atoms with E-state index in [4.69, 9.17) is 16.0 Å². The average molecular weight is 516 g/mol. The predicted molar refractivity (Wildman–Crippen MR) is 128 cm³/mol. The van der Waals surface area contributed by atoms with E-state index in [1.807, 2.05) is 0 Å². The van der Waals surface area contributed by atoms with Crippen molar-refractivity contribution in [3.63, 3.8) is 0 Å². The van der Waals surface area contributed by atoms with Gasteiger partial charge < -0.3 is 19.5 Å². The van der Waals surface area contributed by atoms with Gasteiger partial charge in [-0.05, 0) is 42.5 Å². The third kappa shape index (κ3) is 5.39. The van der Waals surface area contributed by atoms with Gasteiger partial charge in [0, 0.05) is 36.8 Å². The molecule has 2 heterocycles. The molecule has 0 aliphatic carbocycles. The summed E-state index contributed by atoms with van der Waals surface area (Å²) >= 11 is 5.96. The van der Waals surface area contributed by atoms with Gasteiger partial charge in [0.25, 0.3) is 17.7 Å². The Bertz CT molecular complexity index is 1320. The Morgan fingerprint density at radius 2 is 1.57 bits per heavy atom. The zero-order chi connectivity index (χ0) is 25.0. The fourth-order valence-corrected chi connectivity index (χ4v) is 5.38. The van der Waals surface area contributed by atoms with E-state index >= 15 is 0 Å². The summed E-state index contributed by atoms with van der Waals surface area (Å²) in [4.78, 5) is 41.6. The minimum Gasteiger partial charge on any atom is -0.459 e. The lowest BCUT2D eigenvalue weighted by atomic mass is 10.2. The van der Waals surface area contributed by atoms with Gasteiger partial charge in [0.15, 0.2) is 5.76 Å². The molecule has 1 aromatic heterocycles. The van der Waals surface area contributed by atoms with Crippen molar-refractivity contribution in [2.24, 2.45) is 0 Å². The van der Waals surface area contributed by atoms with Crippen molar-refractivity contribution in [2.75, 3.05) is 26.2 Å². The highest BCUT2D eigenvalue weighted by Gasteiger charge is 2.39. The van der Waals surface area contributed by atoms with E-state index in [1.54, 1.807) is 30.3 Å². The number of sulfone groups is 1. The van der Waals surface area contributed by atoms with E-state index in [0.29, 0.717) is 5.02 Å². The summed E-state index contributed by atoms with van der Waals surface area (Å²) in [6.45, 7) is 0.565. The third-order valence-corrected chi connectivity index (χ3v) is 7.67. The summed E-state index contributed by atoms with van der Waals surface area (Å²) < 4.78 is 32.0. The number of piperazine rings is 1. The van der Waals surface area contributed by atoms with Gasteiger partial charge in [-0.2, -0.15) is 0 Å². The number of halogens is 1. The van der Waals surface area contributed by atoms with Crippen molar-refractivity contribution in [2.45, 2.75) is 10.3 Å². The summed E-state index contributed by atoms with van der Waals surface area (Å²) in [5.41, 5.74) is 0.118. The molecule has 1 unspecified atom stereocenters. The van der Waals surface area contributed by atoms with Crippen molar-refractivity contribution >= 4 is 39.2 Å². The molecule has 1 atom stereocenters. The molecule has 2 aromatic carbocycles. The lowest BCUT2D eigenvalue weighted by molar-refractivity contribution is -0.132. The Balaban J connectivity index is 1.55. The minimum atomic E-state index is -4.28. The van der Waals surface area contributed by atoms with Gasteiger partial charge in [-0.1, -0.05) is 35.9 Å². The first-order chi connectivity index (χ1) is 16.8. The number of furan rings is 1. The largest absolute Gasteiger partial charge is 0.459 e. The van der Waals surface area contributed by atoms with Crippen LogP contribution in [0.1, 0.15) is 20.9 Å². The van der Waals surface area contributed by atoms with Crippen LogP contribution in [0.5, 0.6) is 0 Å². The first kappa shape index (κ1) is 24.5. The summed E-state index contributed by atoms with van der Waals surface area (Å²) in [6.07, 6.45) is 1.40. The highest BCUT2D eigenvalue weighted by molar-refractivity contribution is 7.92. The topological polar surface area (TPSA) is 117 Å². The summed E-state index contributed by atoms with van der Waals surface area (Å²) in [7, 11) is -4.28. The first-order valence-electron chi connectivity index (χ1n) is 10.7. The van der Waals surface area contributed by atoms with Crippen LogP contribution >= 0.6 is 11.6 Å². The minimum absolute atomic E-state index is 0.0964. The normalized spacial score (nSPS) is 14.9. The van der Waals surface area contributed by atoms with E-state index < -0.39 is 27.0 Å². The van der Waals surface area contributed by atoms with E-state index in [2.05, 4.69) is 5.32 Å². The number of hydrogen-bond acceptors (Lipinski definition) is 6. The lowest BCUT2D eigenvalue weighted by Crippen LogP contribution is -2.57. The predicted octanol–water partition coefficient (Wildman–Crippen LogP) is 2.45. The van der Waals surface area contributed by atoms with Crippen LogP contribution < -0.4 is 5.32 Å². The molecular formula is C24H22ClN3O6S. The highest BCUT2D eigenvalue weighted by atomic mass is 35.5. The van der Waals surface area contributed by atoms with Crippen LogP contribution in [0, 0.1) is 0 Å². The number of benzene rings is 2. The molecule has 0 spiro atoms. The van der Waals surface area contributed by atoms with Crippen LogP contribution in [-0.2, 0) is 14.6 Å². The van der Waals surface area contributed by atoms with Crippen LogP contribution in [0.15, 0.2) is 82.3 Å². The third-order valence-electron chi connectivity index (χ3n) is 5.57. The summed E-state index contributed by atoms with van der Waals surface area (Å²) in [5.74, 6) is -1.67. The van der Waals surface area contributed by atoms with Gasteiger partial charge in [-0.3, -0.25) is 14.4 Å². The average Bonchev–Trinajstić information content (AvgIpc) is 3.42. The number of carbonyl (C=O) groups excluding carboxylic acids is 3. The Labute approximate surface area is 207 Å². The van der Waals surface area contributed by atoms with Crippen LogP contribution in [0.3, 0.4) is 0 Å². The molecule has 1 saturated heterocycles. The van der Waals surface area contributed by atoms with Crippen LogP contribution in [0.4, 0.5) is 0 Å². The van der Waals surface area contributed by atoms with Gasteiger partial charge in [0.1, 0.15) is 0 Å². The molecule has 1 fully saturated rings. The number of amides is 3. The van der Waals surface area contributed by atoms with Crippen molar-refractivity contribution in [3.05, 3.63) is 89.3 Å². The fourth-order valence-electron chi connectivity index (χ4n) is 3.70. The van der Waals surface area contributed by atoms with E-state index in [0.717, 1.165) is 0 Å². The maximum Gasteiger partial charge on any atom is 0.289 e. The number of rotatable bonds is 6. The monoisotopic (exact) mass is 515 g/mol. The van der Waals surface area contributed by atoms with E-state index in [-0.39, 0.29) is 48.3 Å². The zero-order valence-electron chi connectivity index (χ0n) is 18.5. The Kier molecular flexibility index (Phi) is 7.23. The molecule has 0 bridgehead atoms. The van der Waals surface area contributed by atoms with Gasteiger partial charge in [0.2, 0.25) is 15.2 Å². The molecule has 3 amide bonds. The molecular weight excluding hydrogens is 494 g/mol. The molecule has 3 aromatic rings. The molecule has 1 N–H and O–H groups in total. The van der Waals surface area contributed by atoms with Gasteiger partial charge in [-0.25, -0.2) is 8.42 Å². The zero-order valence-corrected chi connectivity index (χ0v) is 20.0. The molecule has 0 saturated carbocycles. The van der Waals surface area contributed by atoms with Crippen molar-refractivity contribution in [1.82, 2.24) is 15.1 Å². The smallest absolute Gasteiger partial charge is 0.289 e. The highest BCUT2D eigenvalue weighted by Crippen LogP contribution is 2.19. The number of nitrogens with zero attached hydrogens (tertiary/aromatic N) is 2. The molecule has 1 aliphatic heterocycles. The fraction of sp³-hybridized carbons (Fsp3) is 0.208. The van der Waals surface area contributed by atoms with Crippen molar-refractivity contribution in [1.29, 1.82) is 0 Å². The molecule has 11 heteroatoms. The first-order valence-corrected chi connectivity index (χ1v) is 12.7. The molecule has 4 rings (SSSR count). The van der Waals surface area contributed by atoms with Crippen molar-refractivity contribution < 1.29 is 27.2 Å². The van der Waals surface area contributed by atoms with E-state index in [9.17, 15) is 22.8 Å². The molecule has 35 heavy (non-hydrogen) atoms. The Hall–Kier alpha value is -3.63. The maximum atomic E-state index is 13.4. The number of hydrogen-bond donors (Lipinski definition) is 1. The van der Waals surface area contributed by atoms with Gasteiger partial charge >= 0.3 is 0 Å². The van der Waals surface area contributed by atoms with Crippen LogP contribution in [0.2, 0.25) is 5.02 Å². The molecule has 1 aliphatic rings. The molecule has 9 nitrogen and oxygen atoms in total. The van der Waals surface area contributed by atoms with Crippen LogP contribution in [0.25, 0.3) is 0 Å². The van der Waals surface area contributed by atoms with Crippen molar-refractivity contribution in [3.8, 4) is 0 Å². The van der Waals surface area contributed by atoms with Gasteiger partial charge in [-0.15, -0.1) is 0 Å². The second-order valence-electron chi connectivity index (χ2n) is 7.82. The second-order valence-corrected chi connectivity index (χ2v) is 10.3. The lowest BCUT2D eigenvalue weighted by Gasteiger charge is -2.36. The SMILES string of the molecule is O=C(NC(C(=O)N1CCN(C(=O)c2ccco2)CC1)S(=O)(=O)c1ccccc1)c1cccc(Cl)c1. The maximum absolute atomic E-state index is 13.4. The van der Waals surface area contributed by atoms with Crippen LogP contribution in [-0.4, -0.2) is 67.5 Å². The quantitative estimate of drug-likeness (QED) is 0.539. The Morgan fingerprint density at radius 3 is 2.20 bits per heavy atom. The van der Waals surface area contributed by atoms with Gasteiger partial charge in [0.05, 0.1) is 11.2 Å². The Morgan fingerprint density at radius 1 is 0.886 bits per heavy atom. The molecule has 0 radical (unpaired) electrons. The molecule has 182 valence electrons.